The van der Waals surface area contributed by atoms with Crippen molar-refractivity contribution in [2.45, 2.75) is 399 Å². The number of unbranched alkanes of at least 4 members (excludes halogenated alkanes) is 48. The first kappa shape index (κ1) is 78.4. The van der Waals surface area contributed by atoms with E-state index in [0.29, 0.717) is 19.3 Å². The molecule has 81 heavy (non-hydrogen) atoms. The molecule has 0 aliphatic heterocycles. The van der Waals surface area contributed by atoms with Crippen LogP contribution in [0.1, 0.15) is 393 Å². The molecule has 0 spiro atoms. The standard InChI is InChI=1S/C75H138O6/c1-4-7-10-13-16-18-20-22-24-26-28-30-32-34-36-37-39-40-42-44-46-48-50-52-54-56-59-62-65-68-74(77)80-71-72(70-79-73(76)67-64-61-58-15-12-9-6-3)81-75(78)69-66-63-60-57-55-53-51-49-47-45-43-41-38-35-33-31-29-27-25-23-21-19-17-14-11-8-5-2/h21,23,26-29,33,35,72H,4-20,22,24-25,30-32,34,36-71H2,1-3H3/b23-21-,28-26-,29-27-,35-33-. The van der Waals surface area contributed by atoms with Crippen molar-refractivity contribution in [3.05, 3.63) is 48.6 Å². The van der Waals surface area contributed by atoms with Crippen molar-refractivity contribution in [3.8, 4) is 0 Å². The van der Waals surface area contributed by atoms with Crippen LogP contribution in [-0.2, 0) is 28.6 Å². The van der Waals surface area contributed by atoms with Gasteiger partial charge in [-0.05, 0) is 83.5 Å². The third kappa shape index (κ3) is 68.0. The second kappa shape index (κ2) is 69.9. The van der Waals surface area contributed by atoms with E-state index in [0.717, 1.165) is 70.6 Å². The number of rotatable bonds is 67. The maximum atomic E-state index is 12.9. The Labute approximate surface area is 505 Å². The van der Waals surface area contributed by atoms with Crippen LogP contribution in [0.4, 0.5) is 0 Å². The van der Waals surface area contributed by atoms with Crippen molar-refractivity contribution in [1.82, 2.24) is 0 Å². The lowest BCUT2D eigenvalue weighted by Gasteiger charge is -2.18. The normalized spacial score (nSPS) is 12.3. The van der Waals surface area contributed by atoms with Gasteiger partial charge in [0.1, 0.15) is 13.2 Å². The van der Waals surface area contributed by atoms with Gasteiger partial charge in [-0.3, -0.25) is 14.4 Å². The average Bonchev–Trinajstić information content (AvgIpc) is 3.46. The fraction of sp³-hybridized carbons (Fsp3) is 0.853. The highest BCUT2D eigenvalue weighted by Crippen LogP contribution is 2.18. The summed E-state index contributed by atoms with van der Waals surface area (Å²) in [5.74, 6) is -0.854. The van der Waals surface area contributed by atoms with Crippen molar-refractivity contribution >= 4 is 17.9 Å². The van der Waals surface area contributed by atoms with E-state index in [1.807, 2.05) is 0 Å². The first-order chi connectivity index (χ1) is 40.0. The molecule has 1 unspecified atom stereocenters. The van der Waals surface area contributed by atoms with Gasteiger partial charge in [-0.1, -0.05) is 339 Å². The van der Waals surface area contributed by atoms with Crippen LogP contribution in [0.5, 0.6) is 0 Å². The molecule has 0 amide bonds. The summed E-state index contributed by atoms with van der Waals surface area (Å²) in [5.41, 5.74) is 0. The van der Waals surface area contributed by atoms with Crippen molar-refractivity contribution in [3.63, 3.8) is 0 Å². The molecular weight excluding hydrogens is 997 g/mol. The second-order valence-corrected chi connectivity index (χ2v) is 24.5. The SMILES string of the molecule is CCCCCCC/C=C\C/C=C\C/C=C\CCCCCCCCCCCCCCC(=O)OC(COC(=O)CCCCCCCCC)COC(=O)CCCCCCCCCCCCCCCCCCC/C=C\CCCCCCCCCC. The minimum absolute atomic E-state index is 0.0691. The maximum absolute atomic E-state index is 12.9. The lowest BCUT2D eigenvalue weighted by atomic mass is 10.0. The number of hydrogen-bond acceptors (Lipinski definition) is 6. The van der Waals surface area contributed by atoms with Crippen LogP contribution in [0.3, 0.4) is 0 Å². The molecular formula is C75H138O6. The Morgan fingerprint density at radius 2 is 0.444 bits per heavy atom. The van der Waals surface area contributed by atoms with Crippen molar-refractivity contribution < 1.29 is 28.6 Å². The average molecular weight is 1140 g/mol. The van der Waals surface area contributed by atoms with Crippen LogP contribution >= 0.6 is 0 Å². The van der Waals surface area contributed by atoms with Gasteiger partial charge in [0, 0.05) is 19.3 Å². The molecule has 0 N–H and O–H groups in total. The molecule has 0 radical (unpaired) electrons. The molecule has 0 saturated heterocycles. The van der Waals surface area contributed by atoms with Crippen LogP contribution in [0.25, 0.3) is 0 Å². The van der Waals surface area contributed by atoms with Crippen LogP contribution in [-0.4, -0.2) is 37.2 Å². The molecule has 0 heterocycles. The Bertz CT molecular complexity index is 1400. The minimum Gasteiger partial charge on any atom is -0.462 e. The van der Waals surface area contributed by atoms with Crippen LogP contribution in [0, 0.1) is 0 Å². The van der Waals surface area contributed by atoms with Gasteiger partial charge in [0.05, 0.1) is 0 Å². The van der Waals surface area contributed by atoms with Crippen LogP contribution < -0.4 is 0 Å². The van der Waals surface area contributed by atoms with Gasteiger partial charge in [0.2, 0.25) is 0 Å². The zero-order valence-corrected chi connectivity index (χ0v) is 54.6. The summed E-state index contributed by atoms with van der Waals surface area (Å²) in [4.78, 5) is 38.2. The lowest BCUT2D eigenvalue weighted by Crippen LogP contribution is -2.30. The Balaban J connectivity index is 4.03. The van der Waals surface area contributed by atoms with Gasteiger partial charge < -0.3 is 14.2 Å². The van der Waals surface area contributed by atoms with Gasteiger partial charge in [0.15, 0.2) is 6.10 Å². The Morgan fingerprint density at radius 3 is 0.704 bits per heavy atom. The summed E-state index contributed by atoms with van der Waals surface area (Å²) in [6, 6.07) is 0. The van der Waals surface area contributed by atoms with E-state index in [2.05, 4.69) is 69.4 Å². The van der Waals surface area contributed by atoms with Crippen LogP contribution in [0.2, 0.25) is 0 Å². The number of esters is 3. The molecule has 0 fully saturated rings. The number of ether oxygens (including phenoxy) is 3. The van der Waals surface area contributed by atoms with Crippen molar-refractivity contribution in [1.29, 1.82) is 0 Å². The van der Waals surface area contributed by atoms with E-state index in [1.54, 1.807) is 0 Å². The predicted molar refractivity (Wildman–Crippen MR) is 353 cm³/mol. The van der Waals surface area contributed by atoms with Gasteiger partial charge in [0.25, 0.3) is 0 Å². The smallest absolute Gasteiger partial charge is 0.306 e. The molecule has 0 aromatic carbocycles. The molecule has 1 atom stereocenters. The Hall–Kier alpha value is -2.63. The third-order valence-electron chi connectivity index (χ3n) is 16.3. The Kier molecular flexibility index (Phi) is 67.6. The quantitative estimate of drug-likeness (QED) is 0.0261. The highest BCUT2D eigenvalue weighted by atomic mass is 16.6. The summed E-state index contributed by atoms with van der Waals surface area (Å²) in [7, 11) is 0. The molecule has 6 heteroatoms. The number of carbonyl (C=O) groups excluding carboxylic acids is 3. The molecule has 0 rings (SSSR count). The first-order valence-corrected chi connectivity index (χ1v) is 36.1. The Morgan fingerprint density at radius 1 is 0.247 bits per heavy atom. The number of allylic oxidation sites excluding steroid dienone is 8. The molecule has 474 valence electrons. The lowest BCUT2D eigenvalue weighted by molar-refractivity contribution is -0.167. The van der Waals surface area contributed by atoms with E-state index in [-0.39, 0.29) is 31.1 Å². The van der Waals surface area contributed by atoms with E-state index < -0.39 is 6.10 Å². The molecule has 0 bridgehead atoms. The molecule has 0 aliphatic rings. The zero-order chi connectivity index (χ0) is 58.5. The highest BCUT2D eigenvalue weighted by Gasteiger charge is 2.19. The van der Waals surface area contributed by atoms with Gasteiger partial charge in [-0.2, -0.15) is 0 Å². The molecule has 0 aromatic heterocycles. The monoisotopic (exact) mass is 1140 g/mol. The fourth-order valence-corrected chi connectivity index (χ4v) is 10.9. The zero-order valence-electron chi connectivity index (χ0n) is 54.6. The number of hydrogen-bond donors (Lipinski definition) is 0. The first-order valence-electron chi connectivity index (χ1n) is 36.1. The molecule has 6 nitrogen and oxygen atoms in total. The van der Waals surface area contributed by atoms with Crippen molar-refractivity contribution in [2.75, 3.05) is 13.2 Å². The summed E-state index contributed by atoms with van der Waals surface area (Å²) < 4.78 is 16.9. The molecule has 0 aliphatic carbocycles. The van der Waals surface area contributed by atoms with Gasteiger partial charge in [-0.15, -0.1) is 0 Å². The maximum Gasteiger partial charge on any atom is 0.306 e. The summed E-state index contributed by atoms with van der Waals surface area (Å²) >= 11 is 0. The summed E-state index contributed by atoms with van der Waals surface area (Å²) in [5, 5.41) is 0. The van der Waals surface area contributed by atoms with Gasteiger partial charge >= 0.3 is 17.9 Å². The third-order valence-corrected chi connectivity index (χ3v) is 16.3. The topological polar surface area (TPSA) is 78.9 Å². The fourth-order valence-electron chi connectivity index (χ4n) is 10.9. The summed E-state index contributed by atoms with van der Waals surface area (Å²) in [6.45, 7) is 6.65. The summed E-state index contributed by atoms with van der Waals surface area (Å²) in [6.07, 6.45) is 88.9. The second-order valence-electron chi connectivity index (χ2n) is 24.5. The van der Waals surface area contributed by atoms with E-state index >= 15 is 0 Å². The largest absolute Gasteiger partial charge is 0.462 e. The minimum atomic E-state index is -0.771. The molecule has 0 aromatic rings. The number of carbonyl (C=O) groups is 3. The predicted octanol–water partition coefficient (Wildman–Crippen LogP) is 24.9. The van der Waals surface area contributed by atoms with E-state index in [9.17, 15) is 14.4 Å². The van der Waals surface area contributed by atoms with Crippen LogP contribution in [0.15, 0.2) is 48.6 Å². The highest BCUT2D eigenvalue weighted by molar-refractivity contribution is 5.71. The van der Waals surface area contributed by atoms with Crippen molar-refractivity contribution in [2.24, 2.45) is 0 Å². The van der Waals surface area contributed by atoms with Gasteiger partial charge in [-0.25, -0.2) is 0 Å². The molecule has 0 saturated carbocycles. The van der Waals surface area contributed by atoms with E-state index in [1.165, 1.54) is 283 Å². The van der Waals surface area contributed by atoms with E-state index in [4.69, 9.17) is 14.2 Å².